The van der Waals surface area contributed by atoms with Crippen LogP contribution in [-0.2, 0) is 7.05 Å². The summed E-state index contributed by atoms with van der Waals surface area (Å²) in [6, 6.07) is 5.29. The Labute approximate surface area is 140 Å². The maximum atomic E-state index is 12.4. The van der Waals surface area contributed by atoms with E-state index in [9.17, 15) is 4.79 Å². The van der Waals surface area contributed by atoms with Gasteiger partial charge in [0, 0.05) is 41.4 Å². The first kappa shape index (κ1) is 14.9. The highest BCUT2D eigenvalue weighted by Crippen LogP contribution is 2.44. The van der Waals surface area contributed by atoms with Gasteiger partial charge < -0.3 is 10.6 Å². The van der Waals surface area contributed by atoms with Crippen LogP contribution < -0.4 is 10.6 Å². The van der Waals surface area contributed by atoms with Crippen LogP contribution in [0.5, 0.6) is 0 Å². The molecule has 2 unspecified atom stereocenters. The molecule has 4 rings (SSSR count). The highest BCUT2D eigenvalue weighted by atomic mass is 32.1. The third kappa shape index (κ3) is 3.05. The molecule has 6 heteroatoms. The minimum atomic E-state index is -0.0559. The summed E-state index contributed by atoms with van der Waals surface area (Å²) in [5.41, 5.74) is 1.65. The molecule has 0 aliphatic heterocycles. The molecule has 0 aromatic carbocycles. The molecule has 2 aliphatic rings. The fourth-order valence-electron chi connectivity index (χ4n) is 3.15. The van der Waals surface area contributed by atoms with Crippen LogP contribution in [0.25, 0.3) is 0 Å². The summed E-state index contributed by atoms with van der Waals surface area (Å²) in [4.78, 5) is 13.7. The van der Waals surface area contributed by atoms with Crippen molar-refractivity contribution in [3.8, 4) is 0 Å². The largest absolute Gasteiger partial charge is 0.311 e. The van der Waals surface area contributed by atoms with Crippen molar-refractivity contribution in [2.45, 2.75) is 50.6 Å². The Kier molecular flexibility index (Phi) is 3.73. The first-order valence-corrected chi connectivity index (χ1v) is 9.14. The Morgan fingerprint density at radius 2 is 2.22 bits per heavy atom. The van der Waals surface area contributed by atoms with E-state index in [4.69, 9.17) is 0 Å². The van der Waals surface area contributed by atoms with Crippen molar-refractivity contribution in [3.63, 3.8) is 0 Å². The Balaban J connectivity index is 1.38. The molecule has 2 heterocycles. The van der Waals surface area contributed by atoms with Gasteiger partial charge >= 0.3 is 0 Å². The van der Waals surface area contributed by atoms with E-state index in [1.54, 1.807) is 16.0 Å². The normalized spacial score (nSPS) is 23.6. The molecule has 2 aliphatic carbocycles. The summed E-state index contributed by atoms with van der Waals surface area (Å²) in [7, 11) is 1.84. The average molecular weight is 330 g/mol. The van der Waals surface area contributed by atoms with Crippen molar-refractivity contribution in [2.75, 3.05) is 5.32 Å². The molecule has 0 spiro atoms. The summed E-state index contributed by atoms with van der Waals surface area (Å²) < 4.78 is 1.69. The number of carbonyl (C=O) groups is 1. The van der Waals surface area contributed by atoms with Gasteiger partial charge in [-0.3, -0.25) is 9.48 Å². The third-order valence-electron chi connectivity index (χ3n) is 4.84. The van der Waals surface area contributed by atoms with Crippen LogP contribution in [-0.4, -0.2) is 27.8 Å². The van der Waals surface area contributed by atoms with Crippen LogP contribution in [0.15, 0.2) is 17.5 Å². The second-order valence-electron chi connectivity index (χ2n) is 6.73. The third-order valence-corrected chi connectivity index (χ3v) is 5.90. The summed E-state index contributed by atoms with van der Waals surface area (Å²) in [5.74, 6) is 1.27. The number of aryl methyl sites for hydroxylation is 2. The van der Waals surface area contributed by atoms with Crippen molar-refractivity contribution in [2.24, 2.45) is 7.05 Å². The van der Waals surface area contributed by atoms with Gasteiger partial charge in [-0.15, -0.1) is 11.3 Å². The van der Waals surface area contributed by atoms with Gasteiger partial charge in [0.1, 0.15) is 5.82 Å². The van der Waals surface area contributed by atoms with E-state index in [0.29, 0.717) is 12.0 Å². The highest BCUT2D eigenvalue weighted by molar-refractivity contribution is 7.10. The SMILES string of the molecule is Cc1cc(NC(=O)c2csc(C3CC3NC3CCC3)c2)n(C)n1. The zero-order valence-electron chi connectivity index (χ0n) is 13.5. The number of aromatic nitrogens is 2. The first-order valence-electron chi connectivity index (χ1n) is 8.26. The maximum absolute atomic E-state index is 12.4. The lowest BCUT2D eigenvalue weighted by Crippen LogP contribution is -2.37. The fraction of sp³-hybridized carbons (Fsp3) is 0.529. The molecule has 0 saturated heterocycles. The minimum absolute atomic E-state index is 0.0559. The van der Waals surface area contributed by atoms with Crippen molar-refractivity contribution in [3.05, 3.63) is 33.6 Å². The average Bonchev–Trinajstić information content (AvgIpc) is 2.91. The van der Waals surface area contributed by atoms with Crippen LogP contribution in [0.2, 0.25) is 0 Å². The zero-order valence-corrected chi connectivity index (χ0v) is 14.3. The van der Waals surface area contributed by atoms with E-state index >= 15 is 0 Å². The number of thiophene rings is 1. The quantitative estimate of drug-likeness (QED) is 0.886. The van der Waals surface area contributed by atoms with Crippen molar-refractivity contribution >= 4 is 23.1 Å². The number of rotatable bonds is 5. The summed E-state index contributed by atoms with van der Waals surface area (Å²) in [6.45, 7) is 1.92. The highest BCUT2D eigenvalue weighted by Gasteiger charge is 2.41. The predicted octanol–water partition coefficient (Wildman–Crippen LogP) is 3.04. The number of hydrogen-bond acceptors (Lipinski definition) is 4. The van der Waals surface area contributed by atoms with Crippen molar-refractivity contribution in [1.82, 2.24) is 15.1 Å². The molecular formula is C17H22N4OS. The van der Waals surface area contributed by atoms with E-state index in [1.807, 2.05) is 25.4 Å². The van der Waals surface area contributed by atoms with Crippen LogP contribution in [0.3, 0.4) is 0 Å². The Morgan fingerprint density at radius 3 is 2.87 bits per heavy atom. The molecule has 23 heavy (non-hydrogen) atoms. The number of nitrogens with one attached hydrogen (secondary N) is 2. The van der Waals surface area contributed by atoms with E-state index < -0.39 is 0 Å². The molecule has 1 amide bonds. The molecule has 5 nitrogen and oxygen atoms in total. The van der Waals surface area contributed by atoms with E-state index in [1.165, 1.54) is 30.6 Å². The van der Waals surface area contributed by atoms with Gasteiger partial charge in [0.2, 0.25) is 0 Å². The molecule has 2 aromatic heterocycles. The lowest BCUT2D eigenvalue weighted by molar-refractivity contribution is 0.102. The molecule has 0 bridgehead atoms. The number of nitrogens with zero attached hydrogens (tertiary/aromatic N) is 2. The predicted molar refractivity (Wildman–Crippen MR) is 92.1 cm³/mol. The first-order chi connectivity index (χ1) is 11.1. The van der Waals surface area contributed by atoms with Gasteiger partial charge in [-0.2, -0.15) is 5.10 Å². The topological polar surface area (TPSA) is 59.0 Å². The Hall–Kier alpha value is -1.66. The second-order valence-corrected chi connectivity index (χ2v) is 7.67. The van der Waals surface area contributed by atoms with E-state index in [2.05, 4.69) is 21.8 Å². The molecule has 2 fully saturated rings. The number of anilines is 1. The number of amides is 1. The summed E-state index contributed by atoms with van der Waals surface area (Å²) in [6.07, 6.45) is 5.22. The molecule has 2 N–H and O–H groups in total. The van der Waals surface area contributed by atoms with Crippen LogP contribution in [0.1, 0.15) is 52.5 Å². The van der Waals surface area contributed by atoms with Crippen molar-refractivity contribution < 1.29 is 4.79 Å². The van der Waals surface area contributed by atoms with Crippen molar-refractivity contribution in [1.29, 1.82) is 0 Å². The molecular weight excluding hydrogens is 308 g/mol. The Morgan fingerprint density at radius 1 is 1.39 bits per heavy atom. The number of carbonyl (C=O) groups excluding carboxylic acids is 1. The molecule has 2 atom stereocenters. The lowest BCUT2D eigenvalue weighted by atomic mass is 9.93. The van der Waals surface area contributed by atoms with Crippen LogP contribution in [0, 0.1) is 6.92 Å². The van der Waals surface area contributed by atoms with Gasteiger partial charge in [-0.25, -0.2) is 0 Å². The standard InChI is InChI=1S/C17H22N4OS/c1-10-6-16(21(2)20-10)19-17(22)11-7-15(23-9-11)13-8-14(13)18-12-4-3-5-12/h6-7,9,12-14,18H,3-5,8H2,1-2H3,(H,19,22). The van der Waals surface area contributed by atoms with Gasteiger partial charge in [-0.05, 0) is 32.3 Å². The molecule has 122 valence electrons. The molecule has 2 aromatic rings. The number of hydrogen-bond donors (Lipinski definition) is 2. The summed E-state index contributed by atoms with van der Waals surface area (Å²) in [5, 5.41) is 12.9. The zero-order chi connectivity index (χ0) is 16.0. The molecule has 0 radical (unpaired) electrons. The monoisotopic (exact) mass is 330 g/mol. The van der Waals surface area contributed by atoms with Crippen LogP contribution >= 0.6 is 11.3 Å². The van der Waals surface area contributed by atoms with E-state index in [-0.39, 0.29) is 5.91 Å². The second kappa shape index (κ2) is 5.76. The lowest BCUT2D eigenvalue weighted by Gasteiger charge is -2.26. The maximum Gasteiger partial charge on any atom is 0.257 e. The van der Waals surface area contributed by atoms with Gasteiger partial charge in [0.15, 0.2) is 0 Å². The smallest absolute Gasteiger partial charge is 0.257 e. The van der Waals surface area contributed by atoms with Crippen LogP contribution in [0.4, 0.5) is 5.82 Å². The fourth-order valence-corrected chi connectivity index (χ4v) is 4.22. The summed E-state index contributed by atoms with van der Waals surface area (Å²) >= 11 is 1.70. The van der Waals surface area contributed by atoms with E-state index in [0.717, 1.165) is 23.1 Å². The Bertz CT molecular complexity index is 731. The van der Waals surface area contributed by atoms with Gasteiger partial charge in [-0.1, -0.05) is 6.42 Å². The minimum Gasteiger partial charge on any atom is -0.311 e. The molecule has 2 saturated carbocycles. The van der Waals surface area contributed by atoms with Gasteiger partial charge in [0.05, 0.1) is 11.3 Å². The van der Waals surface area contributed by atoms with Gasteiger partial charge in [0.25, 0.3) is 5.91 Å².